The Bertz CT molecular complexity index is 534. The molecule has 1 saturated heterocycles. The molecule has 0 aromatic carbocycles. The van der Waals surface area contributed by atoms with E-state index in [2.05, 4.69) is 10.3 Å². The first-order valence-electron chi connectivity index (χ1n) is 7.78. The fourth-order valence-corrected chi connectivity index (χ4v) is 3.64. The molecular weight excluding hydrogens is 266 g/mol. The summed E-state index contributed by atoms with van der Waals surface area (Å²) < 4.78 is 0. The number of carbonyl (C=O) groups is 1. The highest BCUT2D eigenvalue weighted by molar-refractivity contribution is 5.94. The molecule has 2 heterocycles. The van der Waals surface area contributed by atoms with E-state index >= 15 is 0 Å². The molecule has 2 atom stereocenters. The topological polar surface area (TPSA) is 65.5 Å². The summed E-state index contributed by atoms with van der Waals surface area (Å²) >= 11 is 0. The molecule has 1 aliphatic carbocycles. The second-order valence-corrected chi connectivity index (χ2v) is 6.23. The van der Waals surface area contributed by atoms with Crippen molar-refractivity contribution in [2.24, 2.45) is 5.92 Å². The third-order valence-electron chi connectivity index (χ3n) is 4.98. The Balaban J connectivity index is 1.74. The summed E-state index contributed by atoms with van der Waals surface area (Å²) in [5, 5.41) is 13.6. The van der Waals surface area contributed by atoms with Crippen LogP contribution in [0.3, 0.4) is 0 Å². The van der Waals surface area contributed by atoms with Crippen LogP contribution < -0.4 is 5.32 Å². The number of fused-ring (bicyclic) bond motifs is 1. The summed E-state index contributed by atoms with van der Waals surface area (Å²) in [5.74, 6) is 0.975. The minimum absolute atomic E-state index is 0.0431. The zero-order valence-electron chi connectivity index (χ0n) is 12.5. The third kappa shape index (κ3) is 2.75. The number of hydrogen-bond acceptors (Lipinski definition) is 4. The molecule has 2 aliphatic rings. The Hall–Kier alpha value is -1.62. The number of pyridine rings is 1. The average Bonchev–Trinajstić information content (AvgIpc) is 2.53. The van der Waals surface area contributed by atoms with Crippen molar-refractivity contribution in [2.45, 2.75) is 37.7 Å². The highest BCUT2D eigenvalue weighted by Gasteiger charge is 2.43. The lowest BCUT2D eigenvalue weighted by molar-refractivity contribution is -0.0886. The van der Waals surface area contributed by atoms with Gasteiger partial charge in [0.05, 0.1) is 5.60 Å². The van der Waals surface area contributed by atoms with E-state index in [9.17, 15) is 9.90 Å². The number of likely N-dealkylation sites (tertiary alicyclic amines) is 1. The van der Waals surface area contributed by atoms with Gasteiger partial charge >= 0.3 is 0 Å². The number of aliphatic hydroxyl groups is 1. The Labute approximate surface area is 125 Å². The monoisotopic (exact) mass is 289 g/mol. The van der Waals surface area contributed by atoms with Crippen LogP contribution in [0, 0.1) is 5.92 Å². The Morgan fingerprint density at radius 3 is 3.14 bits per heavy atom. The van der Waals surface area contributed by atoms with Gasteiger partial charge in [0.25, 0.3) is 5.91 Å². The van der Waals surface area contributed by atoms with Gasteiger partial charge in [0.2, 0.25) is 0 Å². The maximum absolute atomic E-state index is 12.6. The van der Waals surface area contributed by atoms with Gasteiger partial charge in [-0.05, 0) is 31.4 Å². The molecular formula is C16H23N3O2. The first kappa shape index (κ1) is 14.3. The van der Waals surface area contributed by atoms with E-state index in [1.165, 1.54) is 0 Å². The van der Waals surface area contributed by atoms with Crippen molar-refractivity contribution in [1.29, 1.82) is 0 Å². The van der Waals surface area contributed by atoms with Crippen LogP contribution in [0.2, 0.25) is 0 Å². The third-order valence-corrected chi connectivity index (χ3v) is 4.98. The van der Waals surface area contributed by atoms with Crippen molar-refractivity contribution in [3.05, 3.63) is 23.9 Å². The van der Waals surface area contributed by atoms with E-state index in [0.717, 1.165) is 25.7 Å². The number of anilines is 1. The van der Waals surface area contributed by atoms with Crippen LogP contribution in [0.1, 0.15) is 42.5 Å². The largest absolute Gasteiger partial charge is 0.389 e. The molecule has 1 aromatic rings. The minimum Gasteiger partial charge on any atom is -0.389 e. The van der Waals surface area contributed by atoms with E-state index in [1.54, 1.807) is 25.4 Å². The predicted molar refractivity (Wildman–Crippen MR) is 81.2 cm³/mol. The van der Waals surface area contributed by atoms with E-state index in [-0.39, 0.29) is 11.8 Å². The highest BCUT2D eigenvalue weighted by atomic mass is 16.3. The molecule has 5 nitrogen and oxygen atoms in total. The van der Waals surface area contributed by atoms with Gasteiger partial charge in [-0.2, -0.15) is 0 Å². The predicted octanol–water partition coefficient (Wildman–Crippen LogP) is 1.89. The summed E-state index contributed by atoms with van der Waals surface area (Å²) in [4.78, 5) is 18.7. The lowest BCUT2D eigenvalue weighted by atomic mass is 9.71. The Kier molecular flexibility index (Phi) is 3.85. The smallest absolute Gasteiger partial charge is 0.254 e. The molecule has 2 fully saturated rings. The van der Waals surface area contributed by atoms with Crippen molar-refractivity contribution in [1.82, 2.24) is 9.88 Å². The molecule has 2 N–H and O–H groups in total. The zero-order valence-corrected chi connectivity index (χ0v) is 12.5. The fraction of sp³-hybridized carbons (Fsp3) is 0.625. The van der Waals surface area contributed by atoms with Crippen LogP contribution in [-0.2, 0) is 0 Å². The molecule has 1 aromatic heterocycles. The zero-order chi connectivity index (χ0) is 14.9. The highest BCUT2D eigenvalue weighted by Crippen LogP contribution is 2.40. The molecule has 114 valence electrons. The van der Waals surface area contributed by atoms with Crippen LogP contribution in [0.15, 0.2) is 18.3 Å². The molecule has 2 unspecified atom stereocenters. The average molecular weight is 289 g/mol. The summed E-state index contributed by atoms with van der Waals surface area (Å²) in [6.45, 7) is 1.32. The number of nitrogens with one attached hydrogen (secondary N) is 1. The van der Waals surface area contributed by atoms with Crippen LogP contribution >= 0.6 is 0 Å². The van der Waals surface area contributed by atoms with Crippen molar-refractivity contribution < 1.29 is 9.90 Å². The summed E-state index contributed by atoms with van der Waals surface area (Å²) in [7, 11) is 1.79. The number of hydrogen-bond donors (Lipinski definition) is 2. The lowest BCUT2D eigenvalue weighted by Gasteiger charge is -2.47. The molecule has 5 heteroatoms. The Morgan fingerprint density at radius 1 is 1.48 bits per heavy atom. The standard InChI is InChI=1S/C16H23N3O2/c1-17-14-10-12(5-8-18-14)15(20)19-9-7-16(21)6-3-2-4-13(16)11-19/h5,8,10,13,21H,2-4,6-7,9,11H2,1H3,(H,17,18). The van der Waals surface area contributed by atoms with Gasteiger partial charge in [-0.25, -0.2) is 4.98 Å². The second kappa shape index (κ2) is 5.64. The van der Waals surface area contributed by atoms with Crippen LogP contribution in [0.5, 0.6) is 0 Å². The second-order valence-electron chi connectivity index (χ2n) is 6.23. The van der Waals surface area contributed by atoms with Gasteiger partial charge in [0.1, 0.15) is 5.82 Å². The normalized spacial score (nSPS) is 28.9. The van der Waals surface area contributed by atoms with Crippen molar-refractivity contribution in [3.8, 4) is 0 Å². The van der Waals surface area contributed by atoms with Gasteiger partial charge in [-0.1, -0.05) is 12.8 Å². The molecule has 1 saturated carbocycles. The summed E-state index contributed by atoms with van der Waals surface area (Å²) in [5.41, 5.74) is 0.124. The maximum Gasteiger partial charge on any atom is 0.254 e. The van der Waals surface area contributed by atoms with Crippen molar-refractivity contribution in [3.63, 3.8) is 0 Å². The van der Waals surface area contributed by atoms with E-state index in [1.807, 2.05) is 4.90 Å². The number of aromatic nitrogens is 1. The van der Waals surface area contributed by atoms with Gasteiger partial charge in [-0.3, -0.25) is 4.79 Å². The van der Waals surface area contributed by atoms with Gasteiger partial charge in [0.15, 0.2) is 0 Å². The first-order chi connectivity index (χ1) is 10.1. The quantitative estimate of drug-likeness (QED) is 0.872. The summed E-state index contributed by atoms with van der Waals surface area (Å²) in [6.07, 6.45) is 6.54. The first-order valence-corrected chi connectivity index (χ1v) is 7.78. The van der Waals surface area contributed by atoms with Crippen molar-refractivity contribution in [2.75, 3.05) is 25.5 Å². The van der Waals surface area contributed by atoms with Crippen LogP contribution in [0.4, 0.5) is 5.82 Å². The van der Waals surface area contributed by atoms with Crippen LogP contribution in [-0.4, -0.2) is 46.6 Å². The Morgan fingerprint density at radius 2 is 2.33 bits per heavy atom. The number of carbonyl (C=O) groups excluding carboxylic acids is 1. The maximum atomic E-state index is 12.6. The van der Waals surface area contributed by atoms with E-state index < -0.39 is 5.60 Å². The van der Waals surface area contributed by atoms with Gasteiger partial charge in [0, 0.05) is 37.8 Å². The van der Waals surface area contributed by atoms with E-state index in [4.69, 9.17) is 0 Å². The number of rotatable bonds is 2. The number of amides is 1. The lowest BCUT2D eigenvalue weighted by Crippen LogP contribution is -2.54. The van der Waals surface area contributed by atoms with E-state index in [0.29, 0.717) is 30.9 Å². The minimum atomic E-state index is -0.538. The molecule has 0 spiro atoms. The van der Waals surface area contributed by atoms with Gasteiger partial charge < -0.3 is 15.3 Å². The summed E-state index contributed by atoms with van der Waals surface area (Å²) in [6, 6.07) is 3.54. The number of piperidine rings is 1. The SMILES string of the molecule is CNc1cc(C(=O)N2CCC3(O)CCCCC3C2)ccn1. The molecule has 1 amide bonds. The number of nitrogens with zero attached hydrogens (tertiary/aromatic N) is 2. The van der Waals surface area contributed by atoms with Crippen molar-refractivity contribution >= 4 is 11.7 Å². The van der Waals surface area contributed by atoms with Crippen LogP contribution in [0.25, 0.3) is 0 Å². The fourth-order valence-electron chi connectivity index (χ4n) is 3.64. The van der Waals surface area contributed by atoms with Gasteiger partial charge in [-0.15, -0.1) is 0 Å². The molecule has 1 aliphatic heterocycles. The molecule has 0 bridgehead atoms. The molecule has 0 radical (unpaired) electrons. The molecule has 3 rings (SSSR count). The molecule has 21 heavy (non-hydrogen) atoms.